The van der Waals surface area contributed by atoms with Gasteiger partial charge in [0.1, 0.15) is 6.54 Å². The zero-order valence-corrected chi connectivity index (χ0v) is 14.6. The monoisotopic (exact) mass is 359 g/mol. The second-order valence-electron chi connectivity index (χ2n) is 7.17. The predicted octanol–water partition coefficient (Wildman–Crippen LogP) is 0.290. The van der Waals surface area contributed by atoms with Gasteiger partial charge in [0, 0.05) is 32.7 Å². The number of nitrogens with zero attached hydrogens (tertiary/aromatic N) is 3. The highest BCUT2D eigenvalue weighted by Crippen LogP contribution is 2.42. The number of aliphatic carboxylic acids is 1. The first-order chi connectivity index (χ1) is 12.4. The fourth-order valence-electron chi connectivity index (χ4n) is 4.24. The van der Waals surface area contributed by atoms with Gasteiger partial charge in [0.05, 0.1) is 23.1 Å². The number of carboxylic acids is 1. The van der Waals surface area contributed by atoms with Crippen molar-refractivity contribution in [2.75, 3.05) is 26.3 Å². The number of carbonyl (C=O) groups excluding carboxylic acids is 1. The van der Waals surface area contributed by atoms with E-state index >= 15 is 0 Å². The summed E-state index contributed by atoms with van der Waals surface area (Å²) >= 11 is 0. The molecule has 0 spiro atoms. The lowest BCUT2D eigenvalue weighted by Gasteiger charge is -2.33. The molecule has 4 rings (SSSR count). The molecule has 2 saturated heterocycles. The van der Waals surface area contributed by atoms with E-state index in [2.05, 4.69) is 0 Å². The molecule has 26 heavy (non-hydrogen) atoms. The molecular formula is C18H21N3O5. The molecular weight excluding hydrogens is 338 g/mol. The van der Waals surface area contributed by atoms with E-state index in [0.29, 0.717) is 31.7 Å². The Morgan fingerprint density at radius 1 is 1.31 bits per heavy atom. The van der Waals surface area contributed by atoms with Crippen molar-refractivity contribution >= 4 is 22.9 Å². The molecule has 0 bridgehead atoms. The molecule has 2 aliphatic heterocycles. The van der Waals surface area contributed by atoms with Crippen LogP contribution in [0.25, 0.3) is 11.0 Å². The van der Waals surface area contributed by atoms with Crippen LogP contribution in [0.3, 0.4) is 0 Å². The third kappa shape index (κ3) is 2.36. The van der Waals surface area contributed by atoms with Gasteiger partial charge in [0.25, 0.3) is 0 Å². The third-order valence-electron chi connectivity index (χ3n) is 5.83. The summed E-state index contributed by atoms with van der Waals surface area (Å²) in [6.45, 7) is 1.18. The second-order valence-corrected chi connectivity index (χ2v) is 7.17. The SMILES string of the molecule is Cn1c(=O)n(CC(=O)N2C[C@H]3COCC[C@@]3(C(=O)O)C2)c2ccccc21. The van der Waals surface area contributed by atoms with Crippen LogP contribution in [-0.4, -0.2) is 57.3 Å². The van der Waals surface area contributed by atoms with Gasteiger partial charge in [0.2, 0.25) is 5.91 Å². The van der Waals surface area contributed by atoms with Crippen molar-refractivity contribution in [2.45, 2.75) is 13.0 Å². The summed E-state index contributed by atoms with van der Waals surface area (Å²) < 4.78 is 8.39. The first-order valence-corrected chi connectivity index (χ1v) is 8.67. The average molecular weight is 359 g/mol. The molecule has 0 saturated carbocycles. The van der Waals surface area contributed by atoms with Gasteiger partial charge in [-0.2, -0.15) is 0 Å². The van der Waals surface area contributed by atoms with Gasteiger partial charge in [-0.15, -0.1) is 0 Å². The molecule has 2 fully saturated rings. The third-order valence-corrected chi connectivity index (χ3v) is 5.83. The summed E-state index contributed by atoms with van der Waals surface area (Å²) in [5.41, 5.74) is 0.266. The largest absolute Gasteiger partial charge is 0.481 e. The Bertz CT molecular complexity index is 946. The Hall–Kier alpha value is -2.61. The molecule has 8 nitrogen and oxygen atoms in total. The predicted molar refractivity (Wildman–Crippen MR) is 92.8 cm³/mol. The molecule has 2 aliphatic rings. The van der Waals surface area contributed by atoms with E-state index in [-0.39, 0.29) is 30.6 Å². The number of aryl methyl sites for hydroxylation is 1. The molecule has 3 heterocycles. The summed E-state index contributed by atoms with van der Waals surface area (Å²) in [5, 5.41) is 9.73. The number of carbonyl (C=O) groups is 2. The van der Waals surface area contributed by atoms with Gasteiger partial charge >= 0.3 is 11.7 Å². The number of imidazole rings is 1. The maximum Gasteiger partial charge on any atom is 0.329 e. The lowest BCUT2D eigenvalue weighted by Crippen LogP contribution is -2.45. The number of ether oxygens (including phenoxy) is 1. The number of aromatic nitrogens is 2. The van der Waals surface area contributed by atoms with Crippen molar-refractivity contribution in [1.29, 1.82) is 0 Å². The molecule has 138 valence electrons. The Labute approximate surface area is 149 Å². The van der Waals surface area contributed by atoms with Crippen molar-refractivity contribution in [3.05, 3.63) is 34.7 Å². The van der Waals surface area contributed by atoms with Crippen LogP contribution in [0.1, 0.15) is 6.42 Å². The van der Waals surface area contributed by atoms with Gasteiger partial charge in [0.15, 0.2) is 0 Å². The Kier molecular flexibility index (Phi) is 3.87. The average Bonchev–Trinajstić information content (AvgIpc) is 3.15. The number of fused-ring (bicyclic) bond motifs is 2. The molecule has 0 radical (unpaired) electrons. The molecule has 1 amide bonds. The maximum absolute atomic E-state index is 12.9. The summed E-state index contributed by atoms with van der Waals surface area (Å²) in [4.78, 5) is 38.8. The van der Waals surface area contributed by atoms with E-state index < -0.39 is 11.4 Å². The molecule has 1 N–H and O–H groups in total. The molecule has 0 aliphatic carbocycles. The molecule has 0 unspecified atom stereocenters. The summed E-state index contributed by atoms with van der Waals surface area (Å²) in [6.07, 6.45) is 0.408. The van der Waals surface area contributed by atoms with E-state index in [1.807, 2.05) is 18.2 Å². The van der Waals surface area contributed by atoms with Gasteiger partial charge in [-0.05, 0) is 18.6 Å². The smallest absolute Gasteiger partial charge is 0.329 e. The quantitative estimate of drug-likeness (QED) is 0.850. The van der Waals surface area contributed by atoms with Crippen molar-refractivity contribution in [3.63, 3.8) is 0 Å². The first-order valence-electron chi connectivity index (χ1n) is 8.67. The summed E-state index contributed by atoms with van der Waals surface area (Å²) in [5.74, 6) is -1.32. The molecule has 8 heteroatoms. The molecule has 1 aromatic carbocycles. The van der Waals surface area contributed by atoms with Crippen LogP contribution in [0.2, 0.25) is 0 Å². The first kappa shape index (κ1) is 16.8. The molecule has 1 aromatic heterocycles. The number of para-hydroxylation sites is 2. The fourth-order valence-corrected chi connectivity index (χ4v) is 4.24. The number of amides is 1. The van der Waals surface area contributed by atoms with E-state index in [1.165, 1.54) is 9.13 Å². The molecule has 2 aromatic rings. The normalized spacial score (nSPS) is 25.4. The van der Waals surface area contributed by atoms with Gasteiger partial charge in [-0.25, -0.2) is 4.79 Å². The van der Waals surface area contributed by atoms with Crippen molar-refractivity contribution in [3.8, 4) is 0 Å². The number of likely N-dealkylation sites (tertiary alicyclic amines) is 1. The molecule has 2 atom stereocenters. The standard InChI is InChI=1S/C18H21N3O5/c1-19-13-4-2-3-5-14(13)21(17(19)25)9-15(22)20-8-12-10-26-7-6-18(12,11-20)16(23)24/h2-5,12H,6-11H2,1H3,(H,23,24)/t12-,18+/m0/s1. The number of hydrogen-bond donors (Lipinski definition) is 1. The van der Waals surface area contributed by atoms with Crippen LogP contribution in [0.4, 0.5) is 0 Å². The van der Waals surface area contributed by atoms with Crippen LogP contribution in [0, 0.1) is 11.3 Å². The second kappa shape index (κ2) is 5.98. The van der Waals surface area contributed by atoms with E-state index in [4.69, 9.17) is 4.74 Å². The Morgan fingerprint density at radius 2 is 2.04 bits per heavy atom. The minimum Gasteiger partial charge on any atom is -0.481 e. The van der Waals surface area contributed by atoms with Crippen molar-refractivity contribution in [1.82, 2.24) is 14.0 Å². The van der Waals surface area contributed by atoms with Crippen LogP contribution in [0.15, 0.2) is 29.1 Å². The van der Waals surface area contributed by atoms with Gasteiger partial charge in [-0.3, -0.25) is 18.7 Å². The van der Waals surface area contributed by atoms with Crippen LogP contribution in [0.5, 0.6) is 0 Å². The van der Waals surface area contributed by atoms with E-state index in [0.717, 1.165) is 5.52 Å². The van der Waals surface area contributed by atoms with Crippen LogP contribution < -0.4 is 5.69 Å². The van der Waals surface area contributed by atoms with E-state index in [9.17, 15) is 19.5 Å². The summed E-state index contributed by atoms with van der Waals surface area (Å²) in [6, 6.07) is 7.30. The topological polar surface area (TPSA) is 93.8 Å². The zero-order chi connectivity index (χ0) is 18.5. The van der Waals surface area contributed by atoms with Gasteiger partial charge < -0.3 is 14.7 Å². The van der Waals surface area contributed by atoms with E-state index in [1.54, 1.807) is 18.0 Å². The van der Waals surface area contributed by atoms with Crippen LogP contribution >= 0.6 is 0 Å². The Morgan fingerprint density at radius 3 is 2.73 bits per heavy atom. The van der Waals surface area contributed by atoms with Gasteiger partial charge in [-0.1, -0.05) is 12.1 Å². The van der Waals surface area contributed by atoms with Crippen molar-refractivity contribution in [2.24, 2.45) is 18.4 Å². The lowest BCUT2D eigenvalue weighted by atomic mass is 9.74. The zero-order valence-electron chi connectivity index (χ0n) is 14.6. The van der Waals surface area contributed by atoms with Crippen LogP contribution in [-0.2, 0) is 27.9 Å². The number of benzene rings is 1. The minimum absolute atomic E-state index is 0.0938. The lowest BCUT2D eigenvalue weighted by molar-refractivity contribution is -0.157. The van der Waals surface area contributed by atoms with Crippen molar-refractivity contribution < 1.29 is 19.4 Å². The maximum atomic E-state index is 12.9. The minimum atomic E-state index is -0.933. The highest BCUT2D eigenvalue weighted by atomic mass is 16.5. The number of carboxylic acid groups (broad SMARTS) is 1. The fraction of sp³-hybridized carbons (Fsp3) is 0.500. The highest BCUT2D eigenvalue weighted by Gasteiger charge is 2.54. The number of rotatable bonds is 3. The number of hydrogen-bond acceptors (Lipinski definition) is 4. The summed E-state index contributed by atoms with van der Waals surface area (Å²) in [7, 11) is 1.67. The Balaban J connectivity index is 1.61. The highest BCUT2D eigenvalue weighted by molar-refractivity contribution is 5.83.